The van der Waals surface area contributed by atoms with Gasteiger partial charge in [0.15, 0.2) is 0 Å². The molecule has 3 aliphatic rings. The van der Waals surface area contributed by atoms with Crippen LogP contribution in [-0.4, -0.2) is 92.6 Å². The fourth-order valence-electron chi connectivity index (χ4n) is 3.71. The number of hydrogen-bond acceptors (Lipinski definition) is 6. The number of piperazine rings is 1. The van der Waals surface area contributed by atoms with Gasteiger partial charge in [-0.15, -0.1) is 0 Å². The summed E-state index contributed by atoms with van der Waals surface area (Å²) in [5, 5.41) is 0. The van der Waals surface area contributed by atoms with Gasteiger partial charge in [0, 0.05) is 58.1 Å². The Morgan fingerprint density at radius 1 is 1.09 bits per heavy atom. The molecule has 0 radical (unpaired) electrons. The van der Waals surface area contributed by atoms with E-state index in [9.17, 15) is 0 Å². The highest BCUT2D eigenvalue weighted by atomic mass is 16.6. The number of anilines is 1. The van der Waals surface area contributed by atoms with Crippen LogP contribution >= 0.6 is 0 Å². The lowest BCUT2D eigenvalue weighted by atomic mass is 10.1. The Balaban J connectivity index is 1.19. The minimum atomic E-state index is 0.269. The molecule has 6 heteroatoms. The van der Waals surface area contributed by atoms with Crippen LogP contribution in [0.15, 0.2) is 24.4 Å². The van der Waals surface area contributed by atoms with Crippen molar-refractivity contribution < 1.29 is 9.47 Å². The van der Waals surface area contributed by atoms with Gasteiger partial charge in [-0.25, -0.2) is 4.98 Å². The molecule has 1 unspecified atom stereocenters. The van der Waals surface area contributed by atoms with Crippen LogP contribution in [0.25, 0.3) is 0 Å². The fraction of sp³-hybridized carbons (Fsp3) is 0.706. The Kier molecular flexibility index (Phi) is 4.75. The van der Waals surface area contributed by atoms with E-state index in [4.69, 9.17) is 9.47 Å². The van der Waals surface area contributed by atoms with Crippen molar-refractivity contribution in [3.05, 3.63) is 24.4 Å². The van der Waals surface area contributed by atoms with Crippen molar-refractivity contribution in [2.24, 2.45) is 0 Å². The van der Waals surface area contributed by atoms with Crippen molar-refractivity contribution in [3.8, 4) is 0 Å². The largest absolute Gasteiger partial charge is 0.376 e. The monoisotopic (exact) mass is 318 g/mol. The second-order valence-electron chi connectivity index (χ2n) is 6.65. The summed E-state index contributed by atoms with van der Waals surface area (Å²) in [5.74, 6) is 1.11. The topological polar surface area (TPSA) is 41.1 Å². The third-order valence-electron chi connectivity index (χ3n) is 5.09. The third kappa shape index (κ3) is 3.66. The number of rotatable bonds is 4. The number of likely N-dealkylation sites (tertiary alicyclic amines) is 1. The average molecular weight is 318 g/mol. The number of nitrogens with zero attached hydrogens (tertiary/aromatic N) is 4. The van der Waals surface area contributed by atoms with E-state index in [-0.39, 0.29) is 6.10 Å². The lowest BCUT2D eigenvalue weighted by Gasteiger charge is -2.49. The highest BCUT2D eigenvalue weighted by Gasteiger charge is 2.35. The Morgan fingerprint density at radius 2 is 1.96 bits per heavy atom. The molecule has 4 rings (SSSR count). The summed E-state index contributed by atoms with van der Waals surface area (Å²) in [6.45, 7) is 10.0. The zero-order valence-electron chi connectivity index (χ0n) is 13.6. The summed E-state index contributed by atoms with van der Waals surface area (Å²) >= 11 is 0. The molecule has 3 fully saturated rings. The maximum atomic E-state index is 5.73. The highest BCUT2D eigenvalue weighted by Crippen LogP contribution is 2.20. The van der Waals surface area contributed by atoms with E-state index in [2.05, 4.69) is 31.8 Å². The van der Waals surface area contributed by atoms with Gasteiger partial charge < -0.3 is 14.4 Å². The minimum absolute atomic E-state index is 0.269. The van der Waals surface area contributed by atoms with Crippen LogP contribution in [0.3, 0.4) is 0 Å². The molecule has 0 N–H and O–H groups in total. The van der Waals surface area contributed by atoms with Gasteiger partial charge in [0.25, 0.3) is 0 Å². The molecular formula is C17H26N4O2. The van der Waals surface area contributed by atoms with Crippen LogP contribution in [0.1, 0.15) is 0 Å². The van der Waals surface area contributed by atoms with Gasteiger partial charge in [0.2, 0.25) is 0 Å². The van der Waals surface area contributed by atoms with E-state index in [1.807, 2.05) is 12.3 Å². The quantitative estimate of drug-likeness (QED) is 0.795. The molecule has 23 heavy (non-hydrogen) atoms. The van der Waals surface area contributed by atoms with Crippen molar-refractivity contribution in [1.82, 2.24) is 14.8 Å². The number of hydrogen-bond donors (Lipinski definition) is 0. The van der Waals surface area contributed by atoms with Crippen LogP contribution in [0.2, 0.25) is 0 Å². The molecule has 0 saturated carbocycles. The lowest BCUT2D eigenvalue weighted by molar-refractivity contribution is -0.109. The summed E-state index contributed by atoms with van der Waals surface area (Å²) in [4.78, 5) is 12.0. The molecule has 6 nitrogen and oxygen atoms in total. The van der Waals surface area contributed by atoms with E-state index in [1.165, 1.54) is 13.1 Å². The Labute approximate surface area is 138 Å². The molecule has 1 atom stereocenters. The maximum absolute atomic E-state index is 5.73. The van der Waals surface area contributed by atoms with Gasteiger partial charge in [-0.1, -0.05) is 6.07 Å². The van der Waals surface area contributed by atoms with Crippen molar-refractivity contribution in [1.29, 1.82) is 0 Å². The lowest BCUT2D eigenvalue weighted by Crippen LogP contribution is -2.64. The number of ether oxygens (including phenoxy) is 2. The molecule has 0 aliphatic carbocycles. The first kappa shape index (κ1) is 15.3. The van der Waals surface area contributed by atoms with Crippen molar-refractivity contribution in [3.63, 3.8) is 0 Å². The second kappa shape index (κ2) is 7.13. The van der Waals surface area contributed by atoms with E-state index >= 15 is 0 Å². The summed E-state index contributed by atoms with van der Waals surface area (Å²) in [7, 11) is 0. The number of pyridine rings is 1. The summed E-state index contributed by atoms with van der Waals surface area (Å²) in [5.41, 5.74) is 0. The van der Waals surface area contributed by atoms with Gasteiger partial charge in [0.1, 0.15) is 5.82 Å². The maximum Gasteiger partial charge on any atom is 0.128 e. The predicted octanol–water partition coefficient (Wildman–Crippen LogP) is 0.303. The molecule has 0 spiro atoms. The first-order valence-corrected chi connectivity index (χ1v) is 8.70. The Bertz CT molecular complexity index is 481. The molecule has 3 aliphatic heterocycles. The smallest absolute Gasteiger partial charge is 0.128 e. The van der Waals surface area contributed by atoms with Crippen molar-refractivity contribution in [2.75, 3.05) is 70.5 Å². The van der Waals surface area contributed by atoms with Gasteiger partial charge >= 0.3 is 0 Å². The van der Waals surface area contributed by atoms with Gasteiger partial charge in [-0.2, -0.15) is 0 Å². The fourth-order valence-corrected chi connectivity index (χ4v) is 3.71. The zero-order valence-corrected chi connectivity index (χ0v) is 13.6. The van der Waals surface area contributed by atoms with Crippen LogP contribution < -0.4 is 4.90 Å². The Morgan fingerprint density at radius 3 is 2.65 bits per heavy atom. The molecular weight excluding hydrogens is 292 g/mol. The zero-order chi connectivity index (χ0) is 15.5. The summed E-state index contributed by atoms with van der Waals surface area (Å²) in [6.07, 6.45) is 2.15. The second-order valence-corrected chi connectivity index (χ2v) is 6.65. The van der Waals surface area contributed by atoms with Crippen LogP contribution in [0.4, 0.5) is 5.82 Å². The summed E-state index contributed by atoms with van der Waals surface area (Å²) < 4.78 is 11.2. The van der Waals surface area contributed by atoms with E-state index < -0.39 is 0 Å². The van der Waals surface area contributed by atoms with E-state index in [0.717, 1.165) is 58.4 Å². The van der Waals surface area contributed by atoms with Crippen molar-refractivity contribution >= 4 is 5.82 Å². The molecule has 0 amide bonds. The SMILES string of the molecule is c1ccc(N2CCN(C3CN(CC4COCCO4)C3)CC2)nc1. The van der Waals surface area contributed by atoms with Crippen molar-refractivity contribution in [2.45, 2.75) is 12.1 Å². The molecule has 4 heterocycles. The van der Waals surface area contributed by atoms with Gasteiger partial charge in [0.05, 0.1) is 25.9 Å². The molecule has 0 bridgehead atoms. The molecule has 0 aromatic carbocycles. The van der Waals surface area contributed by atoms with E-state index in [1.54, 1.807) is 0 Å². The van der Waals surface area contributed by atoms with Crippen LogP contribution in [0, 0.1) is 0 Å². The first-order chi connectivity index (χ1) is 11.4. The Hall–Kier alpha value is -1.21. The van der Waals surface area contributed by atoms with E-state index in [0.29, 0.717) is 6.04 Å². The van der Waals surface area contributed by atoms with Crippen LogP contribution in [-0.2, 0) is 9.47 Å². The molecule has 126 valence electrons. The molecule has 1 aromatic rings. The van der Waals surface area contributed by atoms with Gasteiger partial charge in [-0.05, 0) is 12.1 Å². The average Bonchev–Trinajstić information content (AvgIpc) is 2.60. The molecule has 1 aromatic heterocycles. The normalized spacial score (nSPS) is 27.8. The summed E-state index contributed by atoms with van der Waals surface area (Å²) in [6, 6.07) is 6.86. The highest BCUT2D eigenvalue weighted by molar-refractivity contribution is 5.38. The number of aromatic nitrogens is 1. The minimum Gasteiger partial charge on any atom is -0.376 e. The first-order valence-electron chi connectivity index (χ1n) is 8.70. The third-order valence-corrected chi connectivity index (χ3v) is 5.09. The predicted molar refractivity (Wildman–Crippen MR) is 88.8 cm³/mol. The standard InChI is InChI=1S/C17H26N4O2/c1-2-4-18-17(3-1)21-7-5-20(6-8-21)15-11-19(12-15)13-16-14-22-9-10-23-16/h1-4,15-16H,5-14H2. The van der Waals surface area contributed by atoms with Crippen LogP contribution in [0.5, 0.6) is 0 Å². The van der Waals surface area contributed by atoms with Gasteiger partial charge in [-0.3, -0.25) is 9.80 Å². The molecule has 3 saturated heterocycles.